The molecule has 1 aliphatic rings. The highest BCUT2D eigenvalue weighted by molar-refractivity contribution is 5.98. The average molecular weight is 365 g/mol. The van der Waals surface area contributed by atoms with Crippen LogP contribution in [0.4, 0.5) is 4.39 Å². The van der Waals surface area contributed by atoms with Gasteiger partial charge in [-0.1, -0.05) is 13.8 Å². The molecule has 1 saturated heterocycles. The zero-order valence-electron chi connectivity index (χ0n) is 16.1. The molecule has 1 fully saturated rings. The van der Waals surface area contributed by atoms with Gasteiger partial charge in [-0.2, -0.15) is 5.10 Å². The number of hydrogen-bond acceptors (Lipinski definition) is 2. The first-order chi connectivity index (χ1) is 13.1. The molecule has 2 aromatic carbocycles. The summed E-state index contributed by atoms with van der Waals surface area (Å²) < 4.78 is 21.2. The third-order valence-corrected chi connectivity index (χ3v) is 5.28. The van der Waals surface area contributed by atoms with Crippen LogP contribution in [0.1, 0.15) is 32.0 Å². The van der Waals surface area contributed by atoms with Crippen LogP contribution in [0.5, 0.6) is 0 Å². The maximum Gasteiger partial charge on any atom is 0.123 e. The van der Waals surface area contributed by atoms with Crippen molar-refractivity contribution in [3.8, 4) is 5.69 Å². The third kappa shape index (κ3) is 2.65. The molecule has 5 heteroatoms. The van der Waals surface area contributed by atoms with Crippen LogP contribution in [0, 0.1) is 12.7 Å². The molecule has 4 aromatic rings. The monoisotopic (exact) mass is 365 g/mol. The van der Waals surface area contributed by atoms with Crippen molar-refractivity contribution in [2.75, 3.05) is 13.2 Å². The van der Waals surface area contributed by atoms with Crippen LogP contribution in [0.25, 0.3) is 27.5 Å². The van der Waals surface area contributed by atoms with Crippen LogP contribution >= 0.6 is 0 Å². The van der Waals surface area contributed by atoms with E-state index in [1.807, 2.05) is 32.2 Å². The van der Waals surface area contributed by atoms with Crippen molar-refractivity contribution in [2.45, 2.75) is 33.1 Å². The van der Waals surface area contributed by atoms with Gasteiger partial charge in [-0.3, -0.25) is 5.10 Å². The van der Waals surface area contributed by atoms with Gasteiger partial charge >= 0.3 is 0 Å². The second-order valence-corrected chi connectivity index (χ2v) is 7.17. The SMILES string of the molecule is CC.Cc1c(C2(C)COC2)n(-c2ccc(F)cc2)c2cc3cn[nH]c3cc12. The van der Waals surface area contributed by atoms with Crippen LogP contribution in [-0.4, -0.2) is 28.0 Å². The van der Waals surface area contributed by atoms with Crippen molar-refractivity contribution >= 4 is 21.8 Å². The van der Waals surface area contributed by atoms with Crippen LogP contribution in [0.3, 0.4) is 0 Å². The van der Waals surface area contributed by atoms with E-state index in [-0.39, 0.29) is 11.2 Å². The maximum atomic E-state index is 13.5. The lowest BCUT2D eigenvalue weighted by molar-refractivity contribution is -0.0529. The van der Waals surface area contributed by atoms with E-state index in [1.54, 1.807) is 0 Å². The number of aryl methyl sites for hydroxylation is 1. The minimum absolute atomic E-state index is 0.0382. The molecule has 5 rings (SSSR count). The smallest absolute Gasteiger partial charge is 0.123 e. The fourth-order valence-corrected chi connectivity index (χ4v) is 4.01. The number of H-pyrrole nitrogens is 1. The minimum atomic E-state index is -0.228. The second-order valence-electron chi connectivity index (χ2n) is 7.17. The van der Waals surface area contributed by atoms with Crippen LogP contribution in [0.15, 0.2) is 42.6 Å². The Hall–Kier alpha value is -2.66. The fourth-order valence-electron chi connectivity index (χ4n) is 4.01. The molecular weight excluding hydrogens is 341 g/mol. The number of aromatic nitrogens is 3. The quantitative estimate of drug-likeness (QED) is 0.526. The van der Waals surface area contributed by atoms with Crippen molar-refractivity contribution in [3.05, 3.63) is 59.7 Å². The number of benzene rings is 2. The lowest BCUT2D eigenvalue weighted by Crippen LogP contribution is -2.45. The normalized spacial score (nSPS) is 15.4. The van der Waals surface area contributed by atoms with Crippen molar-refractivity contribution in [3.63, 3.8) is 0 Å². The van der Waals surface area contributed by atoms with E-state index < -0.39 is 0 Å². The van der Waals surface area contributed by atoms with Crippen LogP contribution in [0.2, 0.25) is 0 Å². The van der Waals surface area contributed by atoms with Crippen molar-refractivity contribution < 1.29 is 9.13 Å². The highest BCUT2D eigenvalue weighted by atomic mass is 19.1. The van der Waals surface area contributed by atoms with Crippen LogP contribution in [-0.2, 0) is 10.2 Å². The summed E-state index contributed by atoms with van der Waals surface area (Å²) in [5, 5.41) is 9.44. The molecule has 4 nitrogen and oxygen atoms in total. The van der Waals surface area contributed by atoms with E-state index in [2.05, 4.69) is 40.7 Å². The Labute approximate surface area is 158 Å². The number of fused-ring (bicyclic) bond motifs is 2. The molecule has 0 aliphatic carbocycles. The average Bonchev–Trinajstić information content (AvgIpc) is 3.23. The molecular formula is C22H24FN3O. The summed E-state index contributed by atoms with van der Waals surface area (Å²) in [6.45, 7) is 9.78. The van der Waals surface area contributed by atoms with Gasteiger partial charge in [0.05, 0.1) is 35.9 Å². The van der Waals surface area contributed by atoms with E-state index >= 15 is 0 Å². The highest BCUT2D eigenvalue weighted by Crippen LogP contribution is 2.41. The van der Waals surface area contributed by atoms with E-state index in [0.717, 1.165) is 22.1 Å². The first kappa shape index (κ1) is 17.7. The highest BCUT2D eigenvalue weighted by Gasteiger charge is 2.40. The summed E-state index contributed by atoms with van der Waals surface area (Å²) >= 11 is 0. The Kier molecular flexibility index (Phi) is 4.27. The molecule has 0 radical (unpaired) electrons. The number of aromatic amines is 1. The van der Waals surface area contributed by atoms with Crippen molar-refractivity contribution in [1.29, 1.82) is 0 Å². The van der Waals surface area contributed by atoms with Gasteiger partial charge in [-0.25, -0.2) is 4.39 Å². The first-order valence-corrected chi connectivity index (χ1v) is 9.39. The largest absolute Gasteiger partial charge is 0.379 e. The molecule has 2 aromatic heterocycles. The molecule has 27 heavy (non-hydrogen) atoms. The number of hydrogen-bond donors (Lipinski definition) is 1. The summed E-state index contributed by atoms with van der Waals surface area (Å²) in [6.07, 6.45) is 1.83. The summed E-state index contributed by atoms with van der Waals surface area (Å²) in [7, 11) is 0. The molecule has 1 N–H and O–H groups in total. The number of halogens is 1. The number of rotatable bonds is 2. The zero-order valence-corrected chi connectivity index (χ0v) is 16.1. The predicted octanol–water partition coefficient (Wildman–Crippen LogP) is 5.27. The molecule has 3 heterocycles. The van der Waals surface area contributed by atoms with Gasteiger partial charge in [0.1, 0.15) is 5.82 Å². The summed E-state index contributed by atoms with van der Waals surface area (Å²) in [4.78, 5) is 0. The molecule has 140 valence electrons. The van der Waals surface area contributed by atoms with Crippen LogP contribution < -0.4 is 0 Å². The Bertz CT molecular complexity index is 1100. The Morgan fingerprint density at radius 2 is 1.85 bits per heavy atom. The number of nitrogens with zero attached hydrogens (tertiary/aromatic N) is 2. The fraction of sp³-hybridized carbons (Fsp3) is 0.318. The summed E-state index contributed by atoms with van der Waals surface area (Å²) in [5.41, 5.74) is 5.53. The zero-order chi connectivity index (χ0) is 19.2. The lowest BCUT2D eigenvalue weighted by Gasteiger charge is -2.39. The standard InChI is InChI=1S/C20H18FN3O.C2H6/c1-12-16-8-17-13(9-22-23-17)7-18(16)24(15-5-3-14(21)4-6-15)19(12)20(2)10-25-11-20;1-2/h3-9H,10-11H2,1-2H3,(H,22,23);1-2H3. The second kappa shape index (κ2) is 6.50. The third-order valence-electron chi connectivity index (χ3n) is 5.28. The minimum Gasteiger partial charge on any atom is -0.379 e. The summed E-state index contributed by atoms with van der Waals surface area (Å²) in [5.74, 6) is -0.228. The number of nitrogens with one attached hydrogen (secondary N) is 1. The van der Waals surface area contributed by atoms with E-state index in [4.69, 9.17) is 4.74 Å². The van der Waals surface area contributed by atoms with E-state index in [1.165, 1.54) is 28.8 Å². The van der Waals surface area contributed by atoms with Gasteiger partial charge in [0.25, 0.3) is 0 Å². The van der Waals surface area contributed by atoms with Gasteiger partial charge in [0.15, 0.2) is 0 Å². The maximum absolute atomic E-state index is 13.5. The molecule has 0 saturated carbocycles. The van der Waals surface area contributed by atoms with Gasteiger partial charge in [-0.05, 0) is 55.8 Å². The molecule has 0 amide bonds. The van der Waals surface area contributed by atoms with Gasteiger partial charge in [-0.15, -0.1) is 0 Å². The molecule has 0 unspecified atom stereocenters. The molecule has 0 bridgehead atoms. The Morgan fingerprint density at radius 1 is 1.15 bits per heavy atom. The van der Waals surface area contributed by atoms with E-state index in [0.29, 0.717) is 13.2 Å². The summed E-state index contributed by atoms with van der Waals surface area (Å²) in [6, 6.07) is 11.0. The molecule has 0 atom stereocenters. The van der Waals surface area contributed by atoms with Gasteiger partial charge in [0.2, 0.25) is 0 Å². The van der Waals surface area contributed by atoms with Crippen molar-refractivity contribution in [2.24, 2.45) is 0 Å². The predicted molar refractivity (Wildman–Crippen MR) is 107 cm³/mol. The molecule has 1 aliphatic heterocycles. The first-order valence-electron chi connectivity index (χ1n) is 9.39. The van der Waals surface area contributed by atoms with Gasteiger partial charge in [0, 0.05) is 22.2 Å². The lowest BCUT2D eigenvalue weighted by atomic mass is 9.82. The Morgan fingerprint density at radius 3 is 2.48 bits per heavy atom. The Balaban J connectivity index is 0.000000872. The molecule has 0 spiro atoms. The van der Waals surface area contributed by atoms with Gasteiger partial charge < -0.3 is 9.30 Å². The number of ether oxygens (including phenoxy) is 1. The van der Waals surface area contributed by atoms with Crippen molar-refractivity contribution in [1.82, 2.24) is 14.8 Å². The van der Waals surface area contributed by atoms with E-state index in [9.17, 15) is 4.39 Å². The topological polar surface area (TPSA) is 42.8 Å².